The van der Waals surface area contributed by atoms with Gasteiger partial charge in [0.25, 0.3) is 5.91 Å². The number of para-hydroxylation sites is 1. The van der Waals surface area contributed by atoms with E-state index in [1.165, 1.54) is 24.3 Å². The van der Waals surface area contributed by atoms with Crippen molar-refractivity contribution in [2.75, 3.05) is 5.32 Å². The Morgan fingerprint density at radius 1 is 1.14 bits per heavy atom. The molecule has 0 heterocycles. The van der Waals surface area contributed by atoms with Crippen molar-refractivity contribution < 1.29 is 23.1 Å². The zero-order valence-corrected chi connectivity index (χ0v) is 11.2. The molecule has 110 valence electrons. The Balaban J connectivity index is 2.32. The Morgan fingerprint density at radius 3 is 2.43 bits per heavy atom. The highest BCUT2D eigenvalue weighted by Gasteiger charge is 2.33. The molecule has 2 aromatic carbocycles. The topological polar surface area (TPSA) is 49.3 Å². The maximum absolute atomic E-state index is 12.8. The number of anilines is 1. The molecular weight excluding hydrogens is 307 g/mol. The van der Waals surface area contributed by atoms with Crippen molar-refractivity contribution in [1.82, 2.24) is 0 Å². The van der Waals surface area contributed by atoms with Crippen LogP contribution in [0.15, 0.2) is 42.5 Å². The summed E-state index contributed by atoms with van der Waals surface area (Å²) >= 11 is 5.63. The van der Waals surface area contributed by atoms with Gasteiger partial charge in [0.15, 0.2) is 0 Å². The molecule has 0 bridgehead atoms. The summed E-state index contributed by atoms with van der Waals surface area (Å²) in [5, 5.41) is 11.9. The summed E-state index contributed by atoms with van der Waals surface area (Å²) in [5.41, 5.74) is -1.52. The van der Waals surface area contributed by atoms with Crippen LogP contribution in [0.5, 0.6) is 5.75 Å². The SMILES string of the molecule is O=C(Nc1ccccc1C(F)(F)F)c1ccc(Cl)cc1O. The fourth-order valence-corrected chi connectivity index (χ4v) is 1.89. The number of halogens is 4. The molecule has 0 unspecified atom stereocenters. The van der Waals surface area contributed by atoms with Crippen LogP contribution < -0.4 is 5.32 Å². The van der Waals surface area contributed by atoms with Crippen molar-refractivity contribution >= 4 is 23.2 Å². The quantitative estimate of drug-likeness (QED) is 0.867. The Labute approximate surface area is 123 Å². The summed E-state index contributed by atoms with van der Waals surface area (Å²) < 4.78 is 38.4. The van der Waals surface area contributed by atoms with E-state index in [2.05, 4.69) is 5.32 Å². The lowest BCUT2D eigenvalue weighted by Gasteiger charge is -2.13. The van der Waals surface area contributed by atoms with Gasteiger partial charge in [-0.2, -0.15) is 13.2 Å². The standard InChI is InChI=1S/C14H9ClF3NO2/c15-8-5-6-9(12(20)7-8)13(21)19-11-4-2-1-3-10(11)14(16,17)18/h1-7,20H,(H,19,21). The lowest BCUT2D eigenvalue weighted by Crippen LogP contribution is -2.16. The largest absolute Gasteiger partial charge is 0.507 e. The van der Waals surface area contributed by atoms with Gasteiger partial charge in [-0.05, 0) is 30.3 Å². The van der Waals surface area contributed by atoms with E-state index in [1.807, 2.05) is 0 Å². The van der Waals surface area contributed by atoms with Crippen LogP contribution in [-0.2, 0) is 6.18 Å². The van der Waals surface area contributed by atoms with E-state index < -0.39 is 23.4 Å². The van der Waals surface area contributed by atoms with Gasteiger partial charge in [0, 0.05) is 5.02 Å². The summed E-state index contributed by atoms with van der Waals surface area (Å²) in [6, 6.07) is 8.29. The first-order chi connectivity index (χ1) is 9.79. The van der Waals surface area contributed by atoms with Crippen LogP contribution in [-0.4, -0.2) is 11.0 Å². The molecule has 2 rings (SSSR count). The Morgan fingerprint density at radius 2 is 1.81 bits per heavy atom. The van der Waals surface area contributed by atoms with E-state index in [1.54, 1.807) is 0 Å². The molecule has 0 saturated heterocycles. The van der Waals surface area contributed by atoms with Gasteiger partial charge in [0.05, 0.1) is 16.8 Å². The highest BCUT2D eigenvalue weighted by atomic mass is 35.5. The maximum atomic E-state index is 12.8. The number of rotatable bonds is 2. The Kier molecular flexibility index (Phi) is 4.09. The number of carbonyl (C=O) groups is 1. The van der Waals surface area contributed by atoms with Gasteiger partial charge in [-0.1, -0.05) is 23.7 Å². The number of hydrogen-bond acceptors (Lipinski definition) is 2. The molecule has 0 aliphatic rings. The van der Waals surface area contributed by atoms with E-state index in [9.17, 15) is 23.1 Å². The third-order valence-electron chi connectivity index (χ3n) is 2.69. The Bertz CT molecular complexity index is 686. The average Bonchev–Trinajstić information content (AvgIpc) is 2.37. The molecule has 21 heavy (non-hydrogen) atoms. The van der Waals surface area contributed by atoms with Crippen molar-refractivity contribution in [1.29, 1.82) is 0 Å². The third kappa shape index (κ3) is 3.46. The first kappa shape index (κ1) is 15.2. The normalized spacial score (nSPS) is 11.2. The van der Waals surface area contributed by atoms with Crippen LogP contribution in [0, 0.1) is 0 Å². The molecule has 0 radical (unpaired) electrons. The van der Waals surface area contributed by atoms with E-state index in [0.717, 1.165) is 18.2 Å². The molecule has 2 aromatic rings. The molecule has 2 N–H and O–H groups in total. The maximum Gasteiger partial charge on any atom is 0.418 e. The van der Waals surface area contributed by atoms with E-state index >= 15 is 0 Å². The van der Waals surface area contributed by atoms with E-state index in [-0.39, 0.29) is 16.3 Å². The van der Waals surface area contributed by atoms with Crippen molar-refractivity contribution in [3.63, 3.8) is 0 Å². The number of nitrogens with one attached hydrogen (secondary N) is 1. The molecular formula is C14H9ClF3NO2. The molecule has 3 nitrogen and oxygen atoms in total. The molecule has 0 aliphatic carbocycles. The van der Waals surface area contributed by atoms with Crippen LogP contribution in [0.2, 0.25) is 5.02 Å². The van der Waals surface area contributed by atoms with Gasteiger partial charge >= 0.3 is 6.18 Å². The van der Waals surface area contributed by atoms with Crippen molar-refractivity contribution in [2.45, 2.75) is 6.18 Å². The van der Waals surface area contributed by atoms with Crippen LogP contribution >= 0.6 is 11.6 Å². The van der Waals surface area contributed by atoms with Crippen LogP contribution in [0.25, 0.3) is 0 Å². The summed E-state index contributed by atoms with van der Waals surface area (Å²) in [4.78, 5) is 11.9. The van der Waals surface area contributed by atoms with Gasteiger partial charge < -0.3 is 10.4 Å². The van der Waals surface area contributed by atoms with E-state index in [4.69, 9.17) is 11.6 Å². The van der Waals surface area contributed by atoms with Crippen LogP contribution in [0.3, 0.4) is 0 Å². The monoisotopic (exact) mass is 315 g/mol. The molecule has 0 aromatic heterocycles. The van der Waals surface area contributed by atoms with Crippen molar-refractivity contribution in [2.24, 2.45) is 0 Å². The van der Waals surface area contributed by atoms with Crippen molar-refractivity contribution in [3.05, 3.63) is 58.6 Å². The second-order valence-electron chi connectivity index (χ2n) is 4.16. The number of alkyl halides is 3. The van der Waals surface area contributed by atoms with Gasteiger partial charge in [-0.3, -0.25) is 4.79 Å². The Hall–Kier alpha value is -2.21. The smallest absolute Gasteiger partial charge is 0.418 e. The lowest BCUT2D eigenvalue weighted by molar-refractivity contribution is -0.136. The second-order valence-corrected chi connectivity index (χ2v) is 4.60. The first-order valence-corrected chi connectivity index (χ1v) is 6.13. The number of amides is 1. The first-order valence-electron chi connectivity index (χ1n) is 5.75. The molecule has 1 amide bonds. The number of carbonyl (C=O) groups excluding carboxylic acids is 1. The molecule has 0 aliphatic heterocycles. The minimum absolute atomic E-state index is 0.170. The fraction of sp³-hybridized carbons (Fsp3) is 0.0714. The number of benzene rings is 2. The highest BCUT2D eigenvalue weighted by molar-refractivity contribution is 6.31. The molecule has 0 fully saturated rings. The molecule has 0 saturated carbocycles. The average molecular weight is 316 g/mol. The number of phenolic OH excluding ortho intramolecular Hbond substituents is 1. The second kappa shape index (κ2) is 5.65. The minimum Gasteiger partial charge on any atom is -0.507 e. The van der Waals surface area contributed by atoms with Crippen molar-refractivity contribution in [3.8, 4) is 5.75 Å². The third-order valence-corrected chi connectivity index (χ3v) is 2.92. The number of aromatic hydroxyl groups is 1. The molecule has 0 spiro atoms. The summed E-state index contributed by atoms with van der Waals surface area (Å²) in [6.07, 6.45) is -4.59. The van der Waals surface area contributed by atoms with E-state index in [0.29, 0.717) is 0 Å². The van der Waals surface area contributed by atoms with Gasteiger partial charge in [-0.25, -0.2) is 0 Å². The predicted octanol–water partition coefficient (Wildman–Crippen LogP) is 4.32. The number of phenols is 1. The van der Waals surface area contributed by atoms with Crippen LogP contribution in [0.4, 0.5) is 18.9 Å². The molecule has 0 atom stereocenters. The van der Waals surface area contributed by atoms with Gasteiger partial charge in [0.1, 0.15) is 5.75 Å². The minimum atomic E-state index is -4.59. The van der Waals surface area contributed by atoms with Gasteiger partial charge in [-0.15, -0.1) is 0 Å². The zero-order valence-electron chi connectivity index (χ0n) is 10.4. The summed E-state index contributed by atoms with van der Waals surface area (Å²) in [6.45, 7) is 0. The number of hydrogen-bond donors (Lipinski definition) is 2. The zero-order chi connectivity index (χ0) is 15.6. The lowest BCUT2D eigenvalue weighted by atomic mass is 10.1. The highest BCUT2D eigenvalue weighted by Crippen LogP contribution is 2.35. The van der Waals surface area contributed by atoms with Crippen LogP contribution in [0.1, 0.15) is 15.9 Å². The predicted molar refractivity (Wildman–Crippen MR) is 72.5 cm³/mol. The summed E-state index contributed by atoms with van der Waals surface area (Å²) in [7, 11) is 0. The fourth-order valence-electron chi connectivity index (χ4n) is 1.73. The van der Waals surface area contributed by atoms with Gasteiger partial charge in [0.2, 0.25) is 0 Å². The molecule has 7 heteroatoms. The summed E-state index contributed by atoms with van der Waals surface area (Å²) in [5.74, 6) is -1.27.